The molecule has 0 amide bonds. The van der Waals surface area contributed by atoms with Crippen LogP contribution in [0.2, 0.25) is 0 Å². The van der Waals surface area contributed by atoms with Crippen LogP contribution in [-0.2, 0) is 4.74 Å². The van der Waals surface area contributed by atoms with Gasteiger partial charge in [-0.05, 0) is 57.0 Å². The molecule has 3 heteroatoms. The SMILES string of the molecule is Cc1c[s+](-c2cccc(C(=O)OC(C)(C)C3=CCC=C3)c2)c2ccccc12. The normalized spacial score (nSPS) is 14.5. The summed E-state index contributed by atoms with van der Waals surface area (Å²) < 4.78 is 7.17. The van der Waals surface area contributed by atoms with Gasteiger partial charge in [-0.2, -0.15) is 0 Å². The molecule has 0 bridgehead atoms. The van der Waals surface area contributed by atoms with Gasteiger partial charge in [-0.25, -0.2) is 4.79 Å². The molecule has 0 radical (unpaired) electrons. The summed E-state index contributed by atoms with van der Waals surface area (Å²) in [4.78, 5) is 14.0. The molecular formula is C24H23O2S+. The number of fused-ring (bicyclic) bond motifs is 1. The highest BCUT2D eigenvalue weighted by atomic mass is 32.2. The molecule has 0 aliphatic heterocycles. The zero-order chi connectivity index (χ0) is 19.0. The van der Waals surface area contributed by atoms with Gasteiger partial charge in [0, 0.05) is 27.5 Å². The van der Waals surface area contributed by atoms with Gasteiger partial charge >= 0.3 is 5.97 Å². The molecular weight excluding hydrogens is 352 g/mol. The molecule has 0 spiro atoms. The van der Waals surface area contributed by atoms with Crippen LogP contribution in [0.25, 0.3) is 15.0 Å². The number of allylic oxidation sites excluding steroid dienone is 2. The van der Waals surface area contributed by atoms with E-state index >= 15 is 0 Å². The van der Waals surface area contributed by atoms with Crippen LogP contribution >= 0.6 is 10.5 Å². The molecule has 4 rings (SSSR count). The lowest BCUT2D eigenvalue weighted by molar-refractivity contribution is 0.0146. The van der Waals surface area contributed by atoms with Gasteiger partial charge in [-0.1, -0.05) is 36.4 Å². The predicted molar refractivity (Wildman–Crippen MR) is 114 cm³/mol. The molecule has 136 valence electrons. The van der Waals surface area contributed by atoms with Crippen LogP contribution < -0.4 is 0 Å². The van der Waals surface area contributed by atoms with Crippen LogP contribution in [0.15, 0.2) is 77.7 Å². The Morgan fingerprint density at radius 3 is 2.70 bits per heavy atom. The number of ether oxygens (including phenoxy) is 1. The number of thiophene rings is 1. The summed E-state index contributed by atoms with van der Waals surface area (Å²) in [7, 11) is -0.140. The summed E-state index contributed by atoms with van der Waals surface area (Å²) in [6.07, 6.45) is 7.13. The number of carbonyl (C=O) groups excluding carboxylic acids is 1. The number of rotatable bonds is 4. The van der Waals surface area contributed by atoms with Crippen molar-refractivity contribution in [2.75, 3.05) is 0 Å². The molecule has 1 heterocycles. The van der Waals surface area contributed by atoms with Crippen LogP contribution in [0.4, 0.5) is 0 Å². The maximum absolute atomic E-state index is 12.8. The van der Waals surface area contributed by atoms with E-state index < -0.39 is 5.60 Å². The second kappa shape index (κ2) is 6.82. The summed E-state index contributed by atoms with van der Waals surface area (Å²) in [6, 6.07) is 16.4. The van der Waals surface area contributed by atoms with E-state index in [4.69, 9.17) is 4.74 Å². The first-order valence-electron chi connectivity index (χ1n) is 9.17. The van der Waals surface area contributed by atoms with Gasteiger partial charge in [-0.3, -0.25) is 0 Å². The van der Waals surface area contributed by atoms with Crippen molar-refractivity contribution < 1.29 is 9.53 Å². The average molecular weight is 376 g/mol. The number of aryl methyl sites for hydroxylation is 1. The Morgan fingerprint density at radius 2 is 1.93 bits per heavy atom. The Hall–Kier alpha value is -2.65. The minimum Gasteiger partial charge on any atom is -0.451 e. The van der Waals surface area contributed by atoms with Gasteiger partial charge in [0.2, 0.25) is 0 Å². The molecule has 1 unspecified atom stereocenters. The monoisotopic (exact) mass is 375 g/mol. The molecule has 1 aliphatic carbocycles. The number of hydrogen-bond donors (Lipinski definition) is 0. The van der Waals surface area contributed by atoms with Gasteiger partial charge < -0.3 is 4.74 Å². The highest BCUT2D eigenvalue weighted by Gasteiger charge is 2.28. The number of carbonyl (C=O) groups is 1. The van der Waals surface area contributed by atoms with Crippen molar-refractivity contribution in [1.82, 2.24) is 0 Å². The second-order valence-corrected chi connectivity index (χ2v) is 9.18. The lowest BCUT2D eigenvalue weighted by Gasteiger charge is -2.25. The van der Waals surface area contributed by atoms with Crippen LogP contribution in [-0.4, -0.2) is 11.6 Å². The molecule has 1 atom stereocenters. The zero-order valence-electron chi connectivity index (χ0n) is 15.9. The van der Waals surface area contributed by atoms with Gasteiger partial charge in [0.05, 0.1) is 5.56 Å². The molecule has 1 aromatic heterocycles. The Kier molecular flexibility index (Phi) is 4.48. The predicted octanol–water partition coefficient (Wildman–Crippen LogP) is 6.71. The van der Waals surface area contributed by atoms with Crippen molar-refractivity contribution >= 4 is 26.5 Å². The van der Waals surface area contributed by atoms with E-state index in [1.165, 1.54) is 15.6 Å². The molecule has 0 saturated heterocycles. The second-order valence-electron chi connectivity index (χ2n) is 7.36. The lowest BCUT2D eigenvalue weighted by atomic mass is 9.99. The van der Waals surface area contributed by atoms with Gasteiger partial charge in [0.25, 0.3) is 0 Å². The Morgan fingerprint density at radius 1 is 1.11 bits per heavy atom. The Bertz CT molecular complexity index is 1080. The number of benzene rings is 2. The largest absolute Gasteiger partial charge is 0.451 e. The van der Waals surface area contributed by atoms with Crippen LogP contribution in [0, 0.1) is 6.92 Å². The van der Waals surface area contributed by atoms with E-state index in [-0.39, 0.29) is 16.4 Å². The maximum Gasteiger partial charge on any atom is 0.339 e. The quantitative estimate of drug-likeness (QED) is 0.374. The van der Waals surface area contributed by atoms with Crippen molar-refractivity contribution in [3.63, 3.8) is 0 Å². The zero-order valence-corrected chi connectivity index (χ0v) is 16.7. The number of hydrogen-bond acceptors (Lipinski definition) is 2. The summed E-state index contributed by atoms with van der Waals surface area (Å²) in [5, 5.41) is 3.60. The van der Waals surface area contributed by atoms with Crippen LogP contribution in [0.5, 0.6) is 0 Å². The molecule has 0 saturated carbocycles. The van der Waals surface area contributed by atoms with Gasteiger partial charge in [-0.15, -0.1) is 0 Å². The average Bonchev–Trinajstić information content (AvgIpc) is 3.31. The third kappa shape index (κ3) is 3.35. The first kappa shape index (κ1) is 17.7. The van der Waals surface area contributed by atoms with Crippen LogP contribution in [0.1, 0.15) is 36.2 Å². The fraction of sp³-hybridized carbons (Fsp3) is 0.208. The fourth-order valence-electron chi connectivity index (χ4n) is 3.50. The van der Waals surface area contributed by atoms with Crippen molar-refractivity contribution in [3.8, 4) is 4.90 Å². The Balaban J connectivity index is 1.66. The summed E-state index contributed by atoms with van der Waals surface area (Å²) in [5.74, 6) is -0.278. The highest BCUT2D eigenvalue weighted by Crippen LogP contribution is 2.42. The minimum atomic E-state index is -0.626. The van der Waals surface area contributed by atoms with Gasteiger partial charge in [0.1, 0.15) is 11.0 Å². The third-order valence-electron chi connectivity index (χ3n) is 4.98. The molecule has 2 nitrogen and oxygen atoms in total. The molecule has 3 aromatic rings. The van der Waals surface area contributed by atoms with E-state index in [0.717, 1.165) is 16.9 Å². The van der Waals surface area contributed by atoms with Crippen molar-refractivity contribution in [2.45, 2.75) is 32.8 Å². The summed E-state index contributed by atoms with van der Waals surface area (Å²) >= 11 is 0. The fourth-order valence-corrected chi connectivity index (χ4v) is 5.66. The lowest BCUT2D eigenvalue weighted by Crippen LogP contribution is -2.29. The number of esters is 1. The molecule has 1 aliphatic rings. The van der Waals surface area contributed by atoms with Crippen molar-refractivity contribution in [3.05, 3.63) is 88.8 Å². The molecule has 27 heavy (non-hydrogen) atoms. The molecule has 2 aromatic carbocycles. The van der Waals surface area contributed by atoms with E-state index in [2.05, 4.69) is 54.8 Å². The van der Waals surface area contributed by atoms with Gasteiger partial charge in [0.15, 0.2) is 9.60 Å². The third-order valence-corrected chi connectivity index (χ3v) is 7.16. The summed E-state index contributed by atoms with van der Waals surface area (Å²) in [5.41, 5.74) is 2.32. The smallest absolute Gasteiger partial charge is 0.339 e. The highest BCUT2D eigenvalue weighted by molar-refractivity contribution is 7.43. The van der Waals surface area contributed by atoms with Crippen molar-refractivity contribution in [1.29, 1.82) is 0 Å². The molecule has 0 N–H and O–H groups in total. The minimum absolute atomic E-state index is 0.140. The van der Waals surface area contributed by atoms with Crippen molar-refractivity contribution in [2.24, 2.45) is 0 Å². The molecule has 0 fully saturated rings. The van der Waals surface area contributed by atoms with E-state index in [1.807, 2.05) is 38.1 Å². The Labute approximate surface area is 162 Å². The first-order chi connectivity index (χ1) is 13.0. The van der Waals surface area contributed by atoms with E-state index in [0.29, 0.717) is 5.56 Å². The maximum atomic E-state index is 12.8. The van der Waals surface area contributed by atoms with E-state index in [9.17, 15) is 4.79 Å². The van der Waals surface area contributed by atoms with E-state index in [1.54, 1.807) is 0 Å². The topological polar surface area (TPSA) is 26.3 Å². The van der Waals surface area contributed by atoms with Crippen LogP contribution in [0.3, 0.4) is 0 Å². The summed E-state index contributed by atoms with van der Waals surface area (Å²) in [6.45, 7) is 6.03. The standard InChI is InChI=1S/C24H23O2S/c1-17-16-27(22-14-7-6-13-21(17)22)20-12-8-9-18(15-20)23(25)26-24(2,3)19-10-4-5-11-19/h4,6-16H,5H2,1-3H3/q+1. The first-order valence-corrected chi connectivity index (χ1v) is 10.5.